The number of aromatic nitrogens is 1. The van der Waals surface area contributed by atoms with Crippen molar-refractivity contribution in [2.45, 2.75) is 6.92 Å². The van der Waals surface area contributed by atoms with Crippen LogP contribution in [0.3, 0.4) is 0 Å². The van der Waals surface area contributed by atoms with Gasteiger partial charge in [-0.2, -0.15) is 0 Å². The van der Waals surface area contributed by atoms with Crippen molar-refractivity contribution < 1.29 is 10.0 Å². The Morgan fingerprint density at radius 1 is 1.55 bits per heavy atom. The lowest BCUT2D eigenvalue weighted by molar-refractivity contribution is 0.425. The molecule has 0 aliphatic rings. The molecule has 0 saturated heterocycles. The zero-order valence-corrected chi connectivity index (χ0v) is 6.15. The van der Waals surface area contributed by atoms with Crippen LogP contribution in [0.25, 0.3) is 0 Å². The quantitative estimate of drug-likeness (QED) is 0.434. The van der Waals surface area contributed by atoms with Gasteiger partial charge in [0.1, 0.15) is 5.82 Å². The second-order valence-electron chi connectivity index (χ2n) is 2.34. The Morgan fingerprint density at radius 2 is 2.18 bits per heavy atom. The average Bonchev–Trinajstić information content (AvgIpc) is 1.94. The van der Waals surface area contributed by atoms with Crippen LogP contribution in [0.5, 0.6) is 0 Å². The summed E-state index contributed by atoms with van der Waals surface area (Å²) in [6.07, 6.45) is 1.50. The number of hydrogen-bond donors (Lipinski definition) is 3. The topological polar surface area (TPSA) is 79.4 Å². The predicted octanol–water partition coefficient (Wildman–Crippen LogP) is -1.35. The highest BCUT2D eigenvalue weighted by molar-refractivity contribution is 6.59. The van der Waals surface area contributed by atoms with Crippen LogP contribution < -0.4 is 11.2 Å². The van der Waals surface area contributed by atoms with Crippen molar-refractivity contribution in [1.29, 1.82) is 0 Å². The van der Waals surface area contributed by atoms with Gasteiger partial charge in [-0.1, -0.05) is 0 Å². The predicted molar refractivity (Wildman–Crippen MR) is 43.2 cm³/mol. The number of anilines is 1. The van der Waals surface area contributed by atoms with E-state index in [1.807, 2.05) is 0 Å². The second kappa shape index (κ2) is 2.90. The summed E-state index contributed by atoms with van der Waals surface area (Å²) < 4.78 is 0. The molecule has 5 heteroatoms. The Balaban J connectivity index is 3.13. The lowest BCUT2D eigenvalue weighted by Crippen LogP contribution is -2.32. The molecule has 0 atom stereocenters. The highest BCUT2D eigenvalue weighted by atomic mass is 16.4. The van der Waals surface area contributed by atoms with E-state index >= 15 is 0 Å². The maximum absolute atomic E-state index is 8.80. The van der Waals surface area contributed by atoms with Gasteiger partial charge >= 0.3 is 7.12 Å². The monoisotopic (exact) mass is 152 g/mol. The Kier molecular flexibility index (Phi) is 2.12. The Hall–Kier alpha value is -1.07. The first-order valence-electron chi connectivity index (χ1n) is 3.19. The molecule has 0 unspecified atom stereocenters. The summed E-state index contributed by atoms with van der Waals surface area (Å²) in [5.74, 6) is 0.290. The first-order chi connectivity index (χ1) is 5.11. The van der Waals surface area contributed by atoms with Crippen LogP contribution in [0.1, 0.15) is 5.56 Å². The number of nitrogens with two attached hydrogens (primary N) is 1. The molecule has 4 nitrogen and oxygen atoms in total. The number of nitrogens with zero attached hydrogens (tertiary/aromatic N) is 1. The van der Waals surface area contributed by atoms with Crippen LogP contribution in [-0.4, -0.2) is 22.2 Å². The molecule has 0 aliphatic carbocycles. The van der Waals surface area contributed by atoms with Gasteiger partial charge in [-0.3, -0.25) is 0 Å². The molecule has 0 spiro atoms. The fourth-order valence-corrected chi connectivity index (χ4v) is 0.834. The van der Waals surface area contributed by atoms with Gasteiger partial charge in [0.2, 0.25) is 0 Å². The molecule has 0 aliphatic heterocycles. The summed E-state index contributed by atoms with van der Waals surface area (Å²) in [5.41, 5.74) is 6.45. The number of rotatable bonds is 1. The van der Waals surface area contributed by atoms with E-state index in [0.29, 0.717) is 16.8 Å². The SMILES string of the molecule is Cc1cnc(N)cc1B(O)O. The Labute approximate surface area is 64.8 Å². The van der Waals surface area contributed by atoms with Crippen molar-refractivity contribution >= 4 is 18.4 Å². The molecular formula is C6H9BN2O2. The summed E-state index contributed by atoms with van der Waals surface area (Å²) >= 11 is 0. The highest BCUT2D eigenvalue weighted by Gasteiger charge is 2.13. The lowest BCUT2D eigenvalue weighted by Gasteiger charge is -2.03. The first-order valence-corrected chi connectivity index (χ1v) is 3.19. The number of hydrogen-bond acceptors (Lipinski definition) is 4. The lowest BCUT2D eigenvalue weighted by atomic mass is 9.78. The molecule has 58 valence electrons. The van der Waals surface area contributed by atoms with Gasteiger partial charge in [0.25, 0.3) is 0 Å². The summed E-state index contributed by atoms with van der Waals surface area (Å²) in [7, 11) is -1.47. The molecule has 1 aromatic rings. The van der Waals surface area contributed by atoms with Crippen LogP contribution in [0.4, 0.5) is 5.82 Å². The summed E-state index contributed by atoms with van der Waals surface area (Å²) in [6.45, 7) is 1.74. The van der Waals surface area contributed by atoms with Crippen LogP contribution >= 0.6 is 0 Å². The molecule has 1 heterocycles. The zero-order valence-electron chi connectivity index (χ0n) is 6.15. The van der Waals surface area contributed by atoms with Crippen LogP contribution in [-0.2, 0) is 0 Å². The van der Waals surface area contributed by atoms with E-state index < -0.39 is 7.12 Å². The van der Waals surface area contributed by atoms with E-state index in [-0.39, 0.29) is 0 Å². The minimum atomic E-state index is -1.47. The van der Waals surface area contributed by atoms with Crippen molar-refractivity contribution in [2.75, 3.05) is 5.73 Å². The second-order valence-corrected chi connectivity index (χ2v) is 2.34. The van der Waals surface area contributed by atoms with Crippen molar-refractivity contribution in [3.8, 4) is 0 Å². The number of nitrogen functional groups attached to an aromatic ring is 1. The van der Waals surface area contributed by atoms with E-state index in [9.17, 15) is 0 Å². The van der Waals surface area contributed by atoms with E-state index in [4.69, 9.17) is 15.8 Å². The first kappa shape index (κ1) is 8.04. The third kappa shape index (κ3) is 1.69. The van der Waals surface area contributed by atoms with Crippen molar-refractivity contribution in [3.05, 3.63) is 17.8 Å². The molecule has 0 bridgehead atoms. The fraction of sp³-hybridized carbons (Fsp3) is 0.167. The van der Waals surface area contributed by atoms with Crippen molar-refractivity contribution in [2.24, 2.45) is 0 Å². The molecule has 0 amide bonds. The summed E-state index contributed by atoms with van der Waals surface area (Å²) in [5, 5.41) is 17.6. The van der Waals surface area contributed by atoms with Gasteiger partial charge < -0.3 is 15.8 Å². The molecule has 1 aromatic heterocycles. The van der Waals surface area contributed by atoms with Crippen molar-refractivity contribution in [3.63, 3.8) is 0 Å². The van der Waals surface area contributed by atoms with Gasteiger partial charge in [0.15, 0.2) is 0 Å². The summed E-state index contributed by atoms with van der Waals surface area (Å²) in [4.78, 5) is 3.78. The zero-order chi connectivity index (χ0) is 8.43. The minimum Gasteiger partial charge on any atom is -0.423 e. The number of pyridine rings is 1. The molecule has 4 N–H and O–H groups in total. The Bertz CT molecular complexity index is 265. The van der Waals surface area contributed by atoms with Crippen LogP contribution in [0, 0.1) is 6.92 Å². The molecule has 1 rings (SSSR count). The van der Waals surface area contributed by atoms with Gasteiger partial charge in [0, 0.05) is 6.20 Å². The van der Waals surface area contributed by atoms with Crippen LogP contribution in [0.2, 0.25) is 0 Å². The minimum absolute atomic E-state index is 0.290. The third-order valence-corrected chi connectivity index (χ3v) is 1.44. The van der Waals surface area contributed by atoms with Crippen LogP contribution in [0.15, 0.2) is 12.3 Å². The van der Waals surface area contributed by atoms with E-state index in [2.05, 4.69) is 4.98 Å². The van der Waals surface area contributed by atoms with Gasteiger partial charge in [-0.15, -0.1) is 0 Å². The molecular weight excluding hydrogens is 143 g/mol. The summed E-state index contributed by atoms with van der Waals surface area (Å²) in [6, 6.07) is 1.44. The smallest absolute Gasteiger partial charge is 0.423 e. The average molecular weight is 152 g/mol. The molecule has 0 saturated carbocycles. The maximum Gasteiger partial charge on any atom is 0.488 e. The standard InChI is InChI=1S/C6H9BN2O2/c1-4-3-9-6(8)2-5(4)7(10)11/h2-3,10-11H,1H3,(H2,8,9). The van der Waals surface area contributed by atoms with Gasteiger partial charge in [-0.25, -0.2) is 4.98 Å². The third-order valence-electron chi connectivity index (χ3n) is 1.44. The van der Waals surface area contributed by atoms with Gasteiger partial charge in [0.05, 0.1) is 0 Å². The molecule has 0 fully saturated rings. The fourth-order valence-electron chi connectivity index (χ4n) is 0.834. The normalized spacial score (nSPS) is 9.73. The maximum atomic E-state index is 8.80. The molecule has 11 heavy (non-hydrogen) atoms. The van der Waals surface area contributed by atoms with E-state index in [1.165, 1.54) is 12.3 Å². The largest absolute Gasteiger partial charge is 0.488 e. The Morgan fingerprint density at radius 3 is 2.64 bits per heavy atom. The molecule has 0 radical (unpaired) electrons. The molecule has 0 aromatic carbocycles. The number of aryl methyl sites for hydroxylation is 1. The van der Waals surface area contributed by atoms with E-state index in [0.717, 1.165) is 0 Å². The van der Waals surface area contributed by atoms with E-state index in [1.54, 1.807) is 6.92 Å². The van der Waals surface area contributed by atoms with Gasteiger partial charge in [-0.05, 0) is 24.0 Å². The highest BCUT2D eigenvalue weighted by Crippen LogP contribution is 1.97. The van der Waals surface area contributed by atoms with Crippen molar-refractivity contribution in [1.82, 2.24) is 4.98 Å².